The molecule has 0 radical (unpaired) electrons. The molecule has 1 unspecified atom stereocenters. The van der Waals surface area contributed by atoms with Crippen LogP contribution in [0, 0.1) is 0 Å². The molecule has 1 atom stereocenters. The number of para-hydroxylation sites is 1. The number of aliphatic imine (C=N–C) groups is 1. The van der Waals surface area contributed by atoms with E-state index in [0.717, 1.165) is 24.3 Å². The minimum Gasteiger partial charge on any atom is -0.496 e. The van der Waals surface area contributed by atoms with Gasteiger partial charge in [-0.2, -0.15) is 0 Å². The number of methoxy groups -OCH3 is 1. The zero-order chi connectivity index (χ0) is 15.2. The summed E-state index contributed by atoms with van der Waals surface area (Å²) in [6, 6.07) is 12.5. The Kier molecular flexibility index (Phi) is 4.53. The molecule has 1 aliphatic rings. The molecular weight excluding hydrogens is 278 g/mol. The number of hydrogen-bond donors (Lipinski definition) is 1. The maximum Gasteiger partial charge on any atom is 0.285 e. The normalized spacial score (nSPS) is 16.9. The van der Waals surface area contributed by atoms with E-state index >= 15 is 0 Å². The van der Waals surface area contributed by atoms with Gasteiger partial charge in [0.05, 0.1) is 19.7 Å². The molecule has 1 saturated heterocycles. The van der Waals surface area contributed by atoms with Crippen molar-refractivity contribution < 1.29 is 9.47 Å². The Labute approximate surface area is 130 Å². The molecule has 0 bridgehead atoms. The van der Waals surface area contributed by atoms with Crippen molar-refractivity contribution in [1.82, 2.24) is 10.3 Å². The largest absolute Gasteiger partial charge is 0.496 e. The number of nitrogens with zero attached hydrogens (tertiary/aromatic N) is 2. The van der Waals surface area contributed by atoms with Gasteiger partial charge in [-0.15, -0.1) is 0 Å². The van der Waals surface area contributed by atoms with Gasteiger partial charge in [-0.3, -0.25) is 4.98 Å². The molecule has 114 valence electrons. The summed E-state index contributed by atoms with van der Waals surface area (Å²) in [5, 5.41) is 3.15. The van der Waals surface area contributed by atoms with Gasteiger partial charge in [0.15, 0.2) is 0 Å². The van der Waals surface area contributed by atoms with Gasteiger partial charge < -0.3 is 14.8 Å². The fourth-order valence-corrected chi connectivity index (χ4v) is 2.49. The van der Waals surface area contributed by atoms with Crippen LogP contribution in [0.3, 0.4) is 0 Å². The van der Waals surface area contributed by atoms with E-state index in [1.807, 2.05) is 36.4 Å². The minimum absolute atomic E-state index is 0.0702. The van der Waals surface area contributed by atoms with E-state index in [9.17, 15) is 0 Å². The maximum absolute atomic E-state index is 5.50. The first-order chi connectivity index (χ1) is 10.9. The lowest BCUT2D eigenvalue weighted by Gasteiger charge is -2.17. The van der Waals surface area contributed by atoms with E-state index in [1.165, 1.54) is 5.56 Å². The SMILES string of the molecule is COc1ccccc1C(Cc1ccncc1)/N=C1/NCCO1. The van der Waals surface area contributed by atoms with E-state index in [1.54, 1.807) is 19.5 Å². The van der Waals surface area contributed by atoms with Crippen LogP contribution in [0.25, 0.3) is 0 Å². The molecule has 1 aliphatic heterocycles. The van der Waals surface area contributed by atoms with Gasteiger partial charge in [0.2, 0.25) is 0 Å². The molecule has 1 aromatic carbocycles. The third kappa shape index (κ3) is 3.36. The van der Waals surface area contributed by atoms with E-state index < -0.39 is 0 Å². The monoisotopic (exact) mass is 297 g/mol. The van der Waals surface area contributed by atoms with Gasteiger partial charge >= 0.3 is 0 Å². The van der Waals surface area contributed by atoms with Crippen LogP contribution in [0.4, 0.5) is 0 Å². The van der Waals surface area contributed by atoms with Gasteiger partial charge in [0.25, 0.3) is 6.02 Å². The Morgan fingerprint density at radius 1 is 1.27 bits per heavy atom. The van der Waals surface area contributed by atoms with Crippen LogP contribution >= 0.6 is 0 Å². The lowest BCUT2D eigenvalue weighted by atomic mass is 9.99. The van der Waals surface area contributed by atoms with Crippen molar-refractivity contribution in [2.75, 3.05) is 20.3 Å². The third-order valence-electron chi connectivity index (χ3n) is 3.57. The number of amidine groups is 1. The lowest BCUT2D eigenvalue weighted by Crippen LogP contribution is -2.17. The molecule has 2 aromatic rings. The second-order valence-electron chi connectivity index (χ2n) is 5.03. The Morgan fingerprint density at radius 2 is 2.09 bits per heavy atom. The van der Waals surface area contributed by atoms with E-state index in [4.69, 9.17) is 14.5 Å². The summed E-state index contributed by atoms with van der Waals surface area (Å²) in [6.45, 7) is 1.46. The quantitative estimate of drug-likeness (QED) is 0.920. The van der Waals surface area contributed by atoms with Crippen molar-refractivity contribution in [1.29, 1.82) is 0 Å². The smallest absolute Gasteiger partial charge is 0.285 e. The second-order valence-corrected chi connectivity index (χ2v) is 5.03. The van der Waals surface area contributed by atoms with Gasteiger partial charge in [-0.25, -0.2) is 4.99 Å². The molecule has 1 aromatic heterocycles. The average Bonchev–Trinajstić information content (AvgIpc) is 3.08. The summed E-state index contributed by atoms with van der Waals surface area (Å²) in [5.41, 5.74) is 2.22. The van der Waals surface area contributed by atoms with Crippen molar-refractivity contribution >= 4 is 6.02 Å². The molecule has 1 fully saturated rings. The van der Waals surface area contributed by atoms with Crippen LogP contribution in [0.1, 0.15) is 17.2 Å². The van der Waals surface area contributed by atoms with Crippen LogP contribution in [0.15, 0.2) is 53.8 Å². The van der Waals surface area contributed by atoms with Crippen LogP contribution in [0.2, 0.25) is 0 Å². The van der Waals surface area contributed by atoms with Gasteiger partial charge in [-0.1, -0.05) is 18.2 Å². The number of benzene rings is 1. The van der Waals surface area contributed by atoms with E-state index in [2.05, 4.69) is 10.3 Å². The molecule has 0 aliphatic carbocycles. The molecule has 0 spiro atoms. The summed E-state index contributed by atoms with van der Waals surface area (Å²) < 4.78 is 11.0. The molecule has 0 amide bonds. The number of ether oxygens (including phenoxy) is 2. The highest BCUT2D eigenvalue weighted by molar-refractivity contribution is 5.75. The molecule has 5 nitrogen and oxygen atoms in total. The molecule has 22 heavy (non-hydrogen) atoms. The first-order valence-corrected chi connectivity index (χ1v) is 7.33. The summed E-state index contributed by atoms with van der Waals surface area (Å²) in [6.07, 6.45) is 4.36. The fourth-order valence-electron chi connectivity index (χ4n) is 2.49. The van der Waals surface area contributed by atoms with E-state index in [0.29, 0.717) is 12.6 Å². The Morgan fingerprint density at radius 3 is 2.82 bits per heavy atom. The molecule has 0 saturated carbocycles. The third-order valence-corrected chi connectivity index (χ3v) is 3.57. The van der Waals surface area contributed by atoms with Gasteiger partial charge in [0.1, 0.15) is 12.4 Å². The van der Waals surface area contributed by atoms with Crippen LogP contribution < -0.4 is 10.1 Å². The molecule has 5 heteroatoms. The Balaban J connectivity index is 1.93. The number of rotatable bonds is 5. The highest BCUT2D eigenvalue weighted by atomic mass is 16.5. The number of aromatic nitrogens is 1. The second kappa shape index (κ2) is 6.93. The Hall–Kier alpha value is -2.56. The first kappa shape index (κ1) is 14.4. The summed E-state index contributed by atoms with van der Waals surface area (Å²) in [4.78, 5) is 8.80. The minimum atomic E-state index is -0.0702. The van der Waals surface area contributed by atoms with Crippen molar-refractivity contribution in [2.24, 2.45) is 4.99 Å². The number of pyridine rings is 1. The highest BCUT2D eigenvalue weighted by Crippen LogP contribution is 2.30. The predicted octanol–water partition coefficient (Wildman–Crippen LogP) is 2.35. The highest BCUT2D eigenvalue weighted by Gasteiger charge is 2.19. The van der Waals surface area contributed by atoms with Crippen molar-refractivity contribution in [3.63, 3.8) is 0 Å². The Bertz CT molecular complexity index is 635. The van der Waals surface area contributed by atoms with Crippen LogP contribution in [-0.4, -0.2) is 31.3 Å². The van der Waals surface area contributed by atoms with Crippen LogP contribution in [0.5, 0.6) is 5.75 Å². The zero-order valence-corrected chi connectivity index (χ0v) is 12.5. The van der Waals surface area contributed by atoms with Crippen molar-refractivity contribution in [3.05, 3.63) is 59.9 Å². The molecule has 1 N–H and O–H groups in total. The molecule has 2 heterocycles. The number of hydrogen-bond acceptors (Lipinski definition) is 4. The maximum atomic E-state index is 5.50. The van der Waals surface area contributed by atoms with Gasteiger partial charge in [0, 0.05) is 18.0 Å². The lowest BCUT2D eigenvalue weighted by molar-refractivity contribution is 0.348. The van der Waals surface area contributed by atoms with E-state index in [-0.39, 0.29) is 6.04 Å². The fraction of sp³-hybridized carbons (Fsp3) is 0.294. The summed E-state index contributed by atoms with van der Waals surface area (Å²) in [5.74, 6) is 0.837. The molecular formula is C17H19N3O2. The predicted molar refractivity (Wildman–Crippen MR) is 85.1 cm³/mol. The number of nitrogens with one attached hydrogen (secondary N) is 1. The van der Waals surface area contributed by atoms with Crippen LogP contribution in [-0.2, 0) is 11.2 Å². The van der Waals surface area contributed by atoms with Crippen molar-refractivity contribution in [2.45, 2.75) is 12.5 Å². The zero-order valence-electron chi connectivity index (χ0n) is 12.5. The molecule has 3 rings (SSSR count). The summed E-state index contributed by atoms with van der Waals surface area (Å²) in [7, 11) is 1.68. The topological polar surface area (TPSA) is 55.7 Å². The first-order valence-electron chi connectivity index (χ1n) is 7.33. The standard InChI is InChI=1S/C17H19N3O2/c1-21-16-5-3-2-4-14(16)15(20-17-19-10-11-22-17)12-13-6-8-18-9-7-13/h2-9,15H,10-12H2,1H3,(H,19,20). The average molecular weight is 297 g/mol. The summed E-state index contributed by atoms with van der Waals surface area (Å²) >= 11 is 0. The van der Waals surface area contributed by atoms with Gasteiger partial charge in [-0.05, 0) is 30.2 Å². The van der Waals surface area contributed by atoms with Crippen molar-refractivity contribution in [3.8, 4) is 5.75 Å².